The highest BCUT2D eigenvalue weighted by Gasteiger charge is 2.33. The smallest absolute Gasteiger partial charge is 0.391 e. The highest BCUT2D eigenvalue weighted by Crippen LogP contribution is 2.32. The summed E-state index contributed by atoms with van der Waals surface area (Å²) < 4.78 is 64.0. The van der Waals surface area contributed by atoms with Crippen molar-refractivity contribution >= 4 is 10.0 Å². The van der Waals surface area contributed by atoms with Gasteiger partial charge in [-0.2, -0.15) is 13.2 Å². The molecular weight excluding hydrogens is 369 g/mol. The van der Waals surface area contributed by atoms with Crippen molar-refractivity contribution in [3.05, 3.63) is 35.4 Å². The summed E-state index contributed by atoms with van der Waals surface area (Å²) in [6.07, 6.45) is -1.42. The molecule has 1 fully saturated rings. The third-order valence-electron chi connectivity index (χ3n) is 4.53. The number of halogens is 3. The van der Waals surface area contributed by atoms with Crippen LogP contribution in [0.1, 0.15) is 36.8 Å². The number of alkyl halides is 3. The standard InChI is InChI=1S/C17H25F3N2O3S/c1-26(24,25)22-14-8-6-13(7-9-14)21-11-15(23)10-12-4-2-3-5-16(12)17(18,19)20/h2-5,13-15,21-23H,6-11H2,1H3. The Morgan fingerprint density at radius 2 is 1.73 bits per heavy atom. The molecule has 0 aromatic heterocycles. The number of sulfonamides is 1. The highest BCUT2D eigenvalue weighted by atomic mass is 32.2. The number of hydrogen-bond donors (Lipinski definition) is 3. The first kappa shape index (κ1) is 21.1. The van der Waals surface area contributed by atoms with Crippen molar-refractivity contribution in [3.63, 3.8) is 0 Å². The van der Waals surface area contributed by atoms with Gasteiger partial charge in [0.2, 0.25) is 10.0 Å². The van der Waals surface area contributed by atoms with E-state index in [0.717, 1.165) is 25.2 Å². The highest BCUT2D eigenvalue weighted by molar-refractivity contribution is 7.88. The van der Waals surface area contributed by atoms with Crippen LogP contribution in [0.2, 0.25) is 0 Å². The van der Waals surface area contributed by atoms with Gasteiger partial charge in [-0.15, -0.1) is 0 Å². The van der Waals surface area contributed by atoms with Gasteiger partial charge in [0.25, 0.3) is 0 Å². The predicted molar refractivity (Wildman–Crippen MR) is 93.2 cm³/mol. The summed E-state index contributed by atoms with van der Waals surface area (Å²) in [6.45, 7) is 0.195. The topological polar surface area (TPSA) is 78.4 Å². The number of rotatable bonds is 7. The molecule has 1 atom stereocenters. The molecule has 0 saturated heterocycles. The Hall–Kier alpha value is -1.16. The van der Waals surface area contributed by atoms with Gasteiger partial charge in [0.15, 0.2) is 0 Å². The summed E-state index contributed by atoms with van der Waals surface area (Å²) in [7, 11) is -3.22. The van der Waals surface area contributed by atoms with Gasteiger partial charge in [0.05, 0.1) is 17.9 Å². The Balaban J connectivity index is 1.79. The Morgan fingerprint density at radius 1 is 1.15 bits per heavy atom. The van der Waals surface area contributed by atoms with E-state index in [2.05, 4.69) is 10.0 Å². The van der Waals surface area contributed by atoms with E-state index in [0.29, 0.717) is 12.8 Å². The summed E-state index contributed by atoms with van der Waals surface area (Å²) in [4.78, 5) is 0. The van der Waals surface area contributed by atoms with Crippen molar-refractivity contribution in [2.24, 2.45) is 0 Å². The summed E-state index contributed by atoms with van der Waals surface area (Å²) in [6, 6.07) is 5.31. The first-order chi connectivity index (χ1) is 12.0. The summed E-state index contributed by atoms with van der Waals surface area (Å²) in [5.41, 5.74) is -0.637. The number of aliphatic hydroxyl groups is 1. The second-order valence-corrected chi connectivity index (χ2v) is 8.64. The van der Waals surface area contributed by atoms with Crippen molar-refractivity contribution in [1.29, 1.82) is 0 Å². The fourth-order valence-electron chi connectivity index (χ4n) is 3.32. The van der Waals surface area contributed by atoms with Crippen LogP contribution in [-0.4, -0.2) is 44.5 Å². The molecule has 0 amide bonds. The average Bonchev–Trinajstić information content (AvgIpc) is 2.52. The van der Waals surface area contributed by atoms with Crippen molar-refractivity contribution in [1.82, 2.24) is 10.0 Å². The predicted octanol–water partition coefficient (Wildman–Crippen LogP) is 2.06. The van der Waals surface area contributed by atoms with Gasteiger partial charge < -0.3 is 10.4 Å². The minimum Gasteiger partial charge on any atom is -0.391 e. The normalized spacial score (nSPS) is 23.0. The van der Waals surface area contributed by atoms with Crippen molar-refractivity contribution < 1.29 is 26.7 Å². The minimum absolute atomic E-state index is 0.0757. The number of nitrogens with one attached hydrogen (secondary N) is 2. The molecule has 1 aromatic rings. The molecule has 1 aliphatic carbocycles. The van der Waals surface area contributed by atoms with Crippen molar-refractivity contribution in [2.75, 3.05) is 12.8 Å². The summed E-state index contributed by atoms with van der Waals surface area (Å²) >= 11 is 0. The molecular formula is C17H25F3N2O3S. The molecule has 9 heteroatoms. The zero-order chi connectivity index (χ0) is 19.4. The van der Waals surface area contributed by atoms with Gasteiger partial charge in [-0.25, -0.2) is 13.1 Å². The summed E-state index contributed by atoms with van der Waals surface area (Å²) in [5.74, 6) is 0. The van der Waals surface area contributed by atoms with Crippen LogP contribution in [0, 0.1) is 0 Å². The maximum Gasteiger partial charge on any atom is 0.416 e. The second-order valence-electron chi connectivity index (χ2n) is 6.86. The maximum atomic E-state index is 13.0. The molecule has 0 radical (unpaired) electrons. The average molecular weight is 394 g/mol. The van der Waals surface area contributed by atoms with Crippen LogP contribution < -0.4 is 10.0 Å². The fourth-order valence-corrected chi connectivity index (χ4v) is 4.16. The van der Waals surface area contributed by atoms with E-state index < -0.39 is 27.9 Å². The molecule has 148 valence electrons. The first-order valence-electron chi connectivity index (χ1n) is 8.58. The molecule has 0 aliphatic heterocycles. The van der Waals surface area contributed by atoms with Gasteiger partial charge in [-0.3, -0.25) is 0 Å². The maximum absolute atomic E-state index is 13.0. The number of hydrogen-bond acceptors (Lipinski definition) is 4. The zero-order valence-electron chi connectivity index (χ0n) is 14.6. The monoisotopic (exact) mass is 394 g/mol. The van der Waals surface area contributed by atoms with E-state index in [4.69, 9.17) is 0 Å². The molecule has 0 spiro atoms. The third kappa shape index (κ3) is 6.86. The van der Waals surface area contributed by atoms with Crippen LogP contribution in [0.4, 0.5) is 13.2 Å². The van der Waals surface area contributed by atoms with E-state index in [-0.39, 0.29) is 30.6 Å². The van der Waals surface area contributed by atoms with E-state index in [1.807, 2.05) is 0 Å². The molecule has 1 aliphatic rings. The lowest BCUT2D eigenvalue weighted by Gasteiger charge is -2.30. The molecule has 1 aromatic carbocycles. The van der Waals surface area contributed by atoms with Gasteiger partial charge in [-0.05, 0) is 37.3 Å². The lowest BCUT2D eigenvalue weighted by Crippen LogP contribution is -2.43. The van der Waals surface area contributed by atoms with Gasteiger partial charge in [0, 0.05) is 25.0 Å². The van der Waals surface area contributed by atoms with Crippen LogP contribution in [0.25, 0.3) is 0 Å². The number of benzene rings is 1. The minimum atomic E-state index is -4.44. The Kier molecular flexibility index (Phi) is 7.06. The Labute approximate surface area is 152 Å². The van der Waals surface area contributed by atoms with Gasteiger partial charge in [0.1, 0.15) is 0 Å². The molecule has 5 nitrogen and oxygen atoms in total. The van der Waals surface area contributed by atoms with Crippen LogP contribution in [-0.2, 0) is 22.6 Å². The lowest BCUT2D eigenvalue weighted by molar-refractivity contribution is -0.138. The van der Waals surface area contributed by atoms with E-state index >= 15 is 0 Å². The molecule has 1 saturated carbocycles. The van der Waals surface area contributed by atoms with Crippen molar-refractivity contribution in [3.8, 4) is 0 Å². The Bertz CT molecular complexity index is 687. The fraction of sp³-hybridized carbons (Fsp3) is 0.647. The van der Waals surface area contributed by atoms with Gasteiger partial charge >= 0.3 is 6.18 Å². The summed E-state index contributed by atoms with van der Waals surface area (Å²) in [5, 5.41) is 13.3. The third-order valence-corrected chi connectivity index (χ3v) is 5.29. The lowest BCUT2D eigenvalue weighted by atomic mass is 9.91. The van der Waals surface area contributed by atoms with E-state index in [9.17, 15) is 26.7 Å². The molecule has 26 heavy (non-hydrogen) atoms. The quantitative estimate of drug-likeness (QED) is 0.662. The zero-order valence-corrected chi connectivity index (χ0v) is 15.4. The first-order valence-corrected chi connectivity index (χ1v) is 10.5. The molecule has 2 rings (SSSR count). The molecule has 0 bridgehead atoms. The van der Waals surface area contributed by atoms with Crippen LogP contribution >= 0.6 is 0 Å². The van der Waals surface area contributed by atoms with Crippen LogP contribution in [0.3, 0.4) is 0 Å². The SMILES string of the molecule is CS(=O)(=O)NC1CCC(NCC(O)Cc2ccccc2C(F)(F)F)CC1. The number of aliphatic hydroxyl groups excluding tert-OH is 1. The van der Waals surface area contributed by atoms with Crippen LogP contribution in [0.15, 0.2) is 24.3 Å². The largest absolute Gasteiger partial charge is 0.416 e. The van der Waals surface area contributed by atoms with E-state index in [1.54, 1.807) is 0 Å². The second kappa shape index (κ2) is 8.69. The molecule has 1 unspecified atom stereocenters. The Morgan fingerprint density at radius 3 is 2.31 bits per heavy atom. The molecule has 0 heterocycles. The van der Waals surface area contributed by atoms with Gasteiger partial charge in [-0.1, -0.05) is 18.2 Å². The van der Waals surface area contributed by atoms with Crippen molar-refractivity contribution in [2.45, 2.75) is 56.5 Å². The van der Waals surface area contributed by atoms with Crippen LogP contribution in [0.5, 0.6) is 0 Å². The van der Waals surface area contributed by atoms with E-state index in [1.165, 1.54) is 18.2 Å². The molecule has 3 N–H and O–H groups in total.